The Morgan fingerprint density at radius 2 is 1.39 bits per heavy atom. The summed E-state index contributed by atoms with van der Waals surface area (Å²) in [6.45, 7) is 0. The molecule has 0 amide bonds. The fourth-order valence-corrected chi connectivity index (χ4v) is 1.82. The number of carbonyl (C=O) groups is 2. The zero-order chi connectivity index (χ0) is 17.6. The molecule has 0 saturated carbocycles. The van der Waals surface area contributed by atoms with E-state index in [1.54, 1.807) is 0 Å². The predicted molar refractivity (Wildman–Crippen MR) is 81.1 cm³/mol. The molecule has 0 heterocycles. The molecule has 0 atom stereocenters. The van der Waals surface area contributed by atoms with E-state index in [2.05, 4.69) is 4.74 Å². The summed E-state index contributed by atoms with van der Waals surface area (Å²) in [6.07, 6.45) is 0. The highest BCUT2D eigenvalue weighted by Gasteiger charge is 2.10. The highest BCUT2D eigenvalue weighted by Crippen LogP contribution is 2.17. The van der Waals surface area contributed by atoms with E-state index in [1.807, 2.05) is 0 Å². The maximum atomic E-state index is 12.6. The minimum absolute atomic E-state index is 0.0406. The van der Waals surface area contributed by atoms with Crippen LogP contribution in [0.2, 0.25) is 10.0 Å². The van der Waals surface area contributed by atoms with Crippen molar-refractivity contribution in [3.05, 3.63) is 69.2 Å². The molecule has 0 aliphatic rings. The Bertz CT molecular complexity index is 735. The van der Waals surface area contributed by atoms with Gasteiger partial charge in [-0.25, -0.2) is 18.4 Å². The largest absolute Gasteiger partial charge is 0.478 e. The third-order valence-electron chi connectivity index (χ3n) is 2.49. The Labute approximate surface area is 140 Å². The van der Waals surface area contributed by atoms with Gasteiger partial charge in [-0.2, -0.15) is 0 Å². The summed E-state index contributed by atoms with van der Waals surface area (Å²) in [5, 5.41) is 8.66. The van der Waals surface area contributed by atoms with Crippen LogP contribution in [0.1, 0.15) is 20.7 Å². The fourth-order valence-electron chi connectivity index (χ4n) is 1.43. The molecule has 23 heavy (non-hydrogen) atoms. The van der Waals surface area contributed by atoms with E-state index in [9.17, 15) is 18.4 Å². The number of halogens is 4. The first kappa shape index (κ1) is 18.9. The summed E-state index contributed by atoms with van der Waals surface area (Å²) >= 11 is 11.0. The van der Waals surface area contributed by atoms with Crippen LogP contribution >= 0.6 is 23.2 Å². The topological polar surface area (TPSA) is 63.6 Å². The number of methoxy groups -OCH3 is 1. The maximum absolute atomic E-state index is 12.6. The van der Waals surface area contributed by atoms with Crippen molar-refractivity contribution in [3.8, 4) is 0 Å². The second-order valence-corrected chi connectivity index (χ2v) is 4.86. The molecule has 122 valence electrons. The van der Waals surface area contributed by atoms with Gasteiger partial charge in [0.2, 0.25) is 0 Å². The highest BCUT2D eigenvalue weighted by atomic mass is 35.5. The molecule has 0 aliphatic carbocycles. The first-order valence-electron chi connectivity index (χ1n) is 5.98. The van der Waals surface area contributed by atoms with E-state index in [-0.39, 0.29) is 21.2 Å². The SMILES string of the molecule is COC(=O)c1cc(F)ccc1Cl.O=C(O)c1cc(F)ccc1Cl. The van der Waals surface area contributed by atoms with Crippen molar-refractivity contribution >= 4 is 35.1 Å². The summed E-state index contributed by atoms with van der Waals surface area (Å²) in [5.41, 5.74) is -0.175. The molecule has 2 aromatic carbocycles. The van der Waals surface area contributed by atoms with Gasteiger partial charge in [-0.1, -0.05) is 23.2 Å². The van der Waals surface area contributed by atoms with Crippen LogP contribution in [0.5, 0.6) is 0 Å². The first-order valence-corrected chi connectivity index (χ1v) is 6.73. The van der Waals surface area contributed by atoms with Crippen LogP contribution < -0.4 is 0 Å². The standard InChI is InChI=1S/C8H6ClFO2.C7H4ClFO2/c1-12-8(11)6-4-5(10)2-3-7(6)9;8-6-2-1-4(9)3-5(6)7(10)11/h2-4H,1H3;1-3H,(H,10,11). The number of aromatic carboxylic acids is 1. The van der Waals surface area contributed by atoms with Crippen LogP contribution in [0, 0.1) is 11.6 Å². The fraction of sp³-hybridized carbons (Fsp3) is 0.0667. The average Bonchev–Trinajstić information content (AvgIpc) is 2.51. The lowest BCUT2D eigenvalue weighted by molar-refractivity contribution is 0.0599. The van der Waals surface area contributed by atoms with Crippen LogP contribution in [0.4, 0.5) is 8.78 Å². The highest BCUT2D eigenvalue weighted by molar-refractivity contribution is 6.33. The molecule has 0 unspecified atom stereocenters. The maximum Gasteiger partial charge on any atom is 0.339 e. The minimum Gasteiger partial charge on any atom is -0.478 e. The number of hydrogen-bond donors (Lipinski definition) is 1. The van der Waals surface area contributed by atoms with Crippen LogP contribution in [0.3, 0.4) is 0 Å². The van der Waals surface area contributed by atoms with Gasteiger partial charge in [0.25, 0.3) is 0 Å². The number of hydrogen-bond acceptors (Lipinski definition) is 3. The molecule has 0 spiro atoms. The van der Waals surface area contributed by atoms with Crippen molar-refractivity contribution < 1.29 is 28.2 Å². The van der Waals surface area contributed by atoms with Gasteiger partial charge in [0.1, 0.15) is 11.6 Å². The van der Waals surface area contributed by atoms with Gasteiger partial charge in [-0.05, 0) is 36.4 Å². The van der Waals surface area contributed by atoms with E-state index in [4.69, 9.17) is 28.3 Å². The van der Waals surface area contributed by atoms with Crippen LogP contribution in [0.15, 0.2) is 36.4 Å². The third-order valence-corrected chi connectivity index (χ3v) is 3.15. The lowest BCUT2D eigenvalue weighted by Gasteiger charge is -2.00. The summed E-state index contributed by atoms with van der Waals surface area (Å²) in [4.78, 5) is 21.2. The number of carboxylic acids is 1. The van der Waals surface area contributed by atoms with Crippen molar-refractivity contribution in [1.82, 2.24) is 0 Å². The first-order chi connectivity index (χ1) is 10.8. The van der Waals surface area contributed by atoms with Gasteiger partial charge >= 0.3 is 11.9 Å². The van der Waals surface area contributed by atoms with Gasteiger partial charge in [0.15, 0.2) is 0 Å². The Kier molecular flexibility index (Phi) is 6.93. The zero-order valence-corrected chi connectivity index (χ0v) is 13.2. The molecule has 2 rings (SSSR count). The van der Waals surface area contributed by atoms with E-state index in [1.165, 1.54) is 25.3 Å². The van der Waals surface area contributed by atoms with Gasteiger partial charge in [0.05, 0.1) is 28.3 Å². The zero-order valence-electron chi connectivity index (χ0n) is 11.6. The number of rotatable bonds is 2. The van der Waals surface area contributed by atoms with E-state index in [0.717, 1.165) is 18.2 Å². The molecule has 8 heteroatoms. The second kappa shape index (κ2) is 8.45. The lowest BCUT2D eigenvalue weighted by Crippen LogP contribution is -2.02. The van der Waals surface area contributed by atoms with Crippen molar-refractivity contribution in [2.75, 3.05) is 7.11 Å². The number of esters is 1. The lowest BCUT2D eigenvalue weighted by atomic mass is 10.2. The molecule has 0 aromatic heterocycles. The predicted octanol–water partition coefficient (Wildman–Crippen LogP) is 4.44. The van der Waals surface area contributed by atoms with Crippen molar-refractivity contribution in [3.63, 3.8) is 0 Å². The molecular formula is C15H10Cl2F2O4. The second-order valence-electron chi connectivity index (χ2n) is 4.05. The molecule has 0 fully saturated rings. The van der Waals surface area contributed by atoms with Crippen LogP contribution in [0.25, 0.3) is 0 Å². The van der Waals surface area contributed by atoms with Crippen molar-refractivity contribution in [2.24, 2.45) is 0 Å². The summed E-state index contributed by atoms with van der Waals surface area (Å²) in [5.74, 6) is -2.99. The third kappa shape index (κ3) is 5.50. The number of ether oxygens (including phenoxy) is 1. The summed E-state index contributed by atoms with van der Waals surface area (Å²) in [6, 6.07) is 6.71. The molecule has 0 radical (unpaired) electrons. The number of carbonyl (C=O) groups excluding carboxylic acids is 1. The summed E-state index contributed by atoms with van der Waals surface area (Å²) in [7, 11) is 1.21. The molecule has 2 aromatic rings. The molecule has 0 bridgehead atoms. The smallest absolute Gasteiger partial charge is 0.339 e. The Balaban J connectivity index is 0.000000231. The Morgan fingerprint density at radius 1 is 0.957 bits per heavy atom. The molecular weight excluding hydrogens is 353 g/mol. The Hall–Kier alpha value is -2.18. The minimum atomic E-state index is -1.23. The molecule has 0 saturated heterocycles. The van der Waals surface area contributed by atoms with Crippen LogP contribution in [-0.2, 0) is 4.74 Å². The quantitative estimate of drug-likeness (QED) is 0.802. The molecule has 4 nitrogen and oxygen atoms in total. The monoisotopic (exact) mass is 362 g/mol. The molecule has 1 N–H and O–H groups in total. The normalized spacial score (nSPS) is 9.61. The van der Waals surface area contributed by atoms with E-state index >= 15 is 0 Å². The number of benzene rings is 2. The Morgan fingerprint density at radius 3 is 1.78 bits per heavy atom. The van der Waals surface area contributed by atoms with E-state index < -0.39 is 23.6 Å². The van der Waals surface area contributed by atoms with Crippen LogP contribution in [-0.4, -0.2) is 24.2 Å². The number of carboxylic acid groups (broad SMARTS) is 1. The van der Waals surface area contributed by atoms with Gasteiger partial charge in [-0.3, -0.25) is 0 Å². The molecule has 0 aliphatic heterocycles. The van der Waals surface area contributed by atoms with Gasteiger partial charge in [0, 0.05) is 0 Å². The van der Waals surface area contributed by atoms with Crippen molar-refractivity contribution in [1.29, 1.82) is 0 Å². The van der Waals surface area contributed by atoms with E-state index in [0.29, 0.717) is 0 Å². The van der Waals surface area contributed by atoms with Crippen molar-refractivity contribution in [2.45, 2.75) is 0 Å². The van der Waals surface area contributed by atoms with Gasteiger partial charge < -0.3 is 9.84 Å². The van der Waals surface area contributed by atoms with Gasteiger partial charge in [-0.15, -0.1) is 0 Å². The summed E-state index contributed by atoms with van der Waals surface area (Å²) < 4.78 is 29.3. The average molecular weight is 363 g/mol.